The molecule has 2 aromatic carbocycles. The fourth-order valence-electron chi connectivity index (χ4n) is 2.35. The Balaban J connectivity index is 1.57. The predicted octanol–water partition coefficient (Wildman–Crippen LogP) is 1.80. The predicted molar refractivity (Wildman–Crippen MR) is 99.1 cm³/mol. The first kappa shape index (κ1) is 17.6. The summed E-state index contributed by atoms with van der Waals surface area (Å²) in [5.74, 6) is -0.874. The van der Waals surface area contributed by atoms with Gasteiger partial charge in [-0.25, -0.2) is 4.68 Å². The van der Waals surface area contributed by atoms with Gasteiger partial charge in [0, 0.05) is 16.1 Å². The van der Waals surface area contributed by atoms with Crippen molar-refractivity contribution in [3.8, 4) is 0 Å². The zero-order valence-corrected chi connectivity index (χ0v) is 14.4. The number of anilines is 1. The van der Waals surface area contributed by atoms with Crippen LogP contribution in [0.3, 0.4) is 0 Å². The van der Waals surface area contributed by atoms with Crippen LogP contribution in [-0.2, 0) is 16.1 Å². The minimum atomic E-state index is -0.485. The molecule has 0 aliphatic heterocycles. The first-order chi connectivity index (χ1) is 12.5. The molecule has 0 fully saturated rings. The highest BCUT2D eigenvalue weighted by Gasteiger charge is 2.10. The highest BCUT2D eigenvalue weighted by atomic mass is 35.5. The largest absolute Gasteiger partial charge is 0.345 e. The molecule has 7 nitrogen and oxygen atoms in total. The molecule has 0 atom stereocenters. The zero-order valence-electron chi connectivity index (χ0n) is 13.6. The molecule has 0 aliphatic carbocycles. The maximum absolute atomic E-state index is 12.3. The van der Waals surface area contributed by atoms with Crippen molar-refractivity contribution < 1.29 is 9.59 Å². The lowest BCUT2D eigenvalue weighted by Crippen LogP contribution is -2.37. The Hall–Kier alpha value is -3.19. The first-order valence-corrected chi connectivity index (χ1v) is 8.18. The van der Waals surface area contributed by atoms with E-state index < -0.39 is 5.91 Å². The second kappa shape index (κ2) is 7.79. The number of nitrogens with zero attached hydrogens (tertiary/aromatic N) is 2. The number of carbonyl (C=O) groups excluding carboxylic acids is 2. The number of carbonyl (C=O) groups is 2. The molecule has 2 amide bonds. The minimum absolute atomic E-state index is 0.218. The summed E-state index contributed by atoms with van der Waals surface area (Å²) in [5, 5.41) is 10.8. The number of fused-ring (bicyclic) bond motifs is 1. The van der Waals surface area contributed by atoms with Crippen LogP contribution in [0.15, 0.2) is 59.5 Å². The fourth-order valence-corrected chi connectivity index (χ4v) is 2.48. The van der Waals surface area contributed by atoms with E-state index in [-0.39, 0.29) is 24.6 Å². The van der Waals surface area contributed by atoms with Gasteiger partial charge < -0.3 is 10.6 Å². The van der Waals surface area contributed by atoms with Crippen molar-refractivity contribution in [2.45, 2.75) is 6.54 Å². The third-order valence-corrected chi connectivity index (χ3v) is 3.88. The van der Waals surface area contributed by atoms with Crippen LogP contribution in [-0.4, -0.2) is 28.1 Å². The molecule has 0 radical (unpaired) electrons. The number of rotatable bonds is 5. The molecule has 8 heteroatoms. The molecule has 0 unspecified atom stereocenters. The Bertz CT molecular complexity index is 1010. The lowest BCUT2D eigenvalue weighted by atomic mass is 10.2. The van der Waals surface area contributed by atoms with Crippen molar-refractivity contribution in [3.63, 3.8) is 0 Å². The van der Waals surface area contributed by atoms with Gasteiger partial charge in [0.2, 0.25) is 11.8 Å². The number of amides is 2. The number of hydrogen-bond donors (Lipinski definition) is 2. The molecular formula is C18H15ClN4O3. The number of halogens is 1. The van der Waals surface area contributed by atoms with Crippen LogP contribution in [0.2, 0.25) is 5.02 Å². The average Bonchev–Trinajstić information content (AvgIpc) is 2.64. The highest BCUT2D eigenvalue weighted by Crippen LogP contribution is 2.13. The summed E-state index contributed by atoms with van der Waals surface area (Å²) in [6, 6.07) is 13.6. The van der Waals surface area contributed by atoms with Gasteiger partial charge >= 0.3 is 0 Å². The van der Waals surface area contributed by atoms with E-state index in [1.807, 2.05) is 0 Å². The van der Waals surface area contributed by atoms with Crippen molar-refractivity contribution in [2.24, 2.45) is 0 Å². The first-order valence-electron chi connectivity index (χ1n) is 7.80. The Labute approximate surface area is 153 Å². The Morgan fingerprint density at radius 3 is 2.54 bits per heavy atom. The maximum atomic E-state index is 12.3. The SMILES string of the molecule is O=C(Cn1ncc2ccccc2c1=O)NCC(=O)Nc1ccc(Cl)cc1. The molecule has 0 saturated carbocycles. The van der Waals surface area contributed by atoms with E-state index in [2.05, 4.69) is 15.7 Å². The Morgan fingerprint density at radius 1 is 1.04 bits per heavy atom. The molecule has 132 valence electrons. The number of hydrogen-bond acceptors (Lipinski definition) is 4. The molecule has 26 heavy (non-hydrogen) atoms. The summed E-state index contributed by atoms with van der Waals surface area (Å²) in [7, 11) is 0. The van der Waals surface area contributed by atoms with Crippen molar-refractivity contribution in [3.05, 3.63) is 70.1 Å². The second-order valence-corrected chi connectivity index (χ2v) is 5.96. The van der Waals surface area contributed by atoms with E-state index >= 15 is 0 Å². The zero-order chi connectivity index (χ0) is 18.5. The van der Waals surface area contributed by atoms with E-state index in [0.717, 1.165) is 4.68 Å². The van der Waals surface area contributed by atoms with Gasteiger partial charge in [-0.1, -0.05) is 29.8 Å². The molecule has 2 N–H and O–H groups in total. The quantitative estimate of drug-likeness (QED) is 0.716. The van der Waals surface area contributed by atoms with Crippen LogP contribution in [0.1, 0.15) is 0 Å². The van der Waals surface area contributed by atoms with Crippen LogP contribution in [0.25, 0.3) is 10.8 Å². The number of nitrogens with one attached hydrogen (secondary N) is 2. The van der Waals surface area contributed by atoms with Crippen molar-refractivity contribution in [2.75, 3.05) is 11.9 Å². The Kier molecular flexibility index (Phi) is 5.28. The van der Waals surface area contributed by atoms with Gasteiger partial charge in [-0.05, 0) is 30.3 Å². The van der Waals surface area contributed by atoms with Gasteiger partial charge in [-0.2, -0.15) is 5.10 Å². The average molecular weight is 371 g/mol. The van der Waals surface area contributed by atoms with Gasteiger partial charge in [0.25, 0.3) is 5.56 Å². The van der Waals surface area contributed by atoms with Crippen LogP contribution < -0.4 is 16.2 Å². The Morgan fingerprint density at radius 2 is 1.77 bits per heavy atom. The van der Waals surface area contributed by atoms with Gasteiger partial charge in [0.15, 0.2) is 0 Å². The summed E-state index contributed by atoms with van der Waals surface area (Å²) < 4.78 is 1.06. The molecule has 0 bridgehead atoms. The van der Waals surface area contributed by atoms with Gasteiger partial charge in [-0.15, -0.1) is 0 Å². The monoisotopic (exact) mass is 370 g/mol. The van der Waals surface area contributed by atoms with E-state index in [4.69, 9.17) is 11.6 Å². The molecule has 3 rings (SSSR count). The standard InChI is InChI=1S/C18H15ClN4O3/c19-13-5-7-14(8-6-13)22-16(24)10-20-17(25)11-23-18(26)15-4-2-1-3-12(15)9-21-23/h1-9H,10-11H2,(H,20,25)(H,22,24). The van der Waals surface area contributed by atoms with Crippen LogP contribution in [0, 0.1) is 0 Å². The van der Waals surface area contributed by atoms with E-state index in [1.54, 1.807) is 48.5 Å². The molecule has 0 spiro atoms. The maximum Gasteiger partial charge on any atom is 0.275 e. The molecular weight excluding hydrogens is 356 g/mol. The fraction of sp³-hybridized carbons (Fsp3) is 0.111. The van der Waals surface area contributed by atoms with Crippen molar-refractivity contribution >= 4 is 39.9 Å². The van der Waals surface area contributed by atoms with Crippen LogP contribution >= 0.6 is 11.6 Å². The normalized spacial score (nSPS) is 10.5. The van der Waals surface area contributed by atoms with Gasteiger partial charge in [0.1, 0.15) is 6.54 Å². The summed E-state index contributed by atoms with van der Waals surface area (Å²) >= 11 is 5.77. The van der Waals surface area contributed by atoms with Gasteiger partial charge in [0.05, 0.1) is 18.1 Å². The summed E-state index contributed by atoms with van der Waals surface area (Å²) in [6.45, 7) is -0.484. The highest BCUT2D eigenvalue weighted by molar-refractivity contribution is 6.30. The van der Waals surface area contributed by atoms with Gasteiger partial charge in [-0.3, -0.25) is 14.4 Å². The number of benzene rings is 2. The van der Waals surface area contributed by atoms with E-state index in [0.29, 0.717) is 21.5 Å². The molecule has 3 aromatic rings. The number of aromatic nitrogens is 2. The van der Waals surface area contributed by atoms with E-state index in [1.165, 1.54) is 6.20 Å². The molecule has 0 aliphatic rings. The van der Waals surface area contributed by atoms with Crippen LogP contribution in [0.4, 0.5) is 5.69 Å². The minimum Gasteiger partial charge on any atom is -0.345 e. The topological polar surface area (TPSA) is 93.1 Å². The van der Waals surface area contributed by atoms with Crippen molar-refractivity contribution in [1.82, 2.24) is 15.1 Å². The third kappa shape index (κ3) is 4.25. The van der Waals surface area contributed by atoms with Crippen molar-refractivity contribution in [1.29, 1.82) is 0 Å². The lowest BCUT2D eigenvalue weighted by Gasteiger charge is -2.08. The summed E-state index contributed by atoms with van der Waals surface area (Å²) in [5.41, 5.74) is 0.213. The lowest BCUT2D eigenvalue weighted by molar-refractivity contribution is -0.124. The van der Waals surface area contributed by atoms with Crippen LogP contribution in [0.5, 0.6) is 0 Å². The summed E-state index contributed by atoms with van der Waals surface area (Å²) in [4.78, 5) is 36.1. The molecule has 0 saturated heterocycles. The molecule has 1 heterocycles. The second-order valence-electron chi connectivity index (χ2n) is 5.53. The summed E-state index contributed by atoms with van der Waals surface area (Å²) in [6.07, 6.45) is 1.53. The smallest absolute Gasteiger partial charge is 0.275 e. The third-order valence-electron chi connectivity index (χ3n) is 3.63. The van der Waals surface area contributed by atoms with E-state index in [9.17, 15) is 14.4 Å². The molecule has 1 aromatic heterocycles.